The Kier molecular flexibility index (Phi) is 8.68. The van der Waals surface area contributed by atoms with E-state index in [-0.39, 0.29) is 14.9 Å². The van der Waals surface area contributed by atoms with Gasteiger partial charge < -0.3 is 9.47 Å². The van der Waals surface area contributed by atoms with Crippen LogP contribution in [0.15, 0.2) is 76.1 Å². The average molecular weight is 604 g/mol. The highest BCUT2D eigenvalue weighted by atomic mass is 79.9. The summed E-state index contributed by atoms with van der Waals surface area (Å²) in [5, 5.41) is 1.33. The average Bonchev–Trinajstić information content (AvgIpc) is 3.12. The fraction of sp³-hybridized carbons (Fsp3) is 0.115. The largest absolute Gasteiger partial charge is 0.490 e. The minimum absolute atomic E-state index is 0.207. The third-order valence-corrected chi connectivity index (χ3v) is 7.20. The predicted octanol–water partition coefficient (Wildman–Crippen LogP) is 6.63. The van der Waals surface area contributed by atoms with Crippen molar-refractivity contribution in [2.45, 2.75) is 13.5 Å². The van der Waals surface area contributed by atoms with Gasteiger partial charge in [0.2, 0.25) is 0 Å². The van der Waals surface area contributed by atoms with Gasteiger partial charge in [0, 0.05) is 0 Å². The van der Waals surface area contributed by atoms with Crippen molar-refractivity contribution in [3.63, 3.8) is 0 Å². The van der Waals surface area contributed by atoms with Gasteiger partial charge in [-0.25, -0.2) is 0 Å². The molecular weight excluding hydrogens is 584 g/mol. The monoisotopic (exact) mass is 602 g/mol. The molecule has 184 valence electrons. The summed E-state index contributed by atoms with van der Waals surface area (Å²) in [6.45, 7) is 2.70. The lowest BCUT2D eigenvalue weighted by Crippen LogP contribution is -2.44. The lowest BCUT2D eigenvalue weighted by atomic mass is 10.1. The molecule has 3 aromatic rings. The first-order valence-electron chi connectivity index (χ1n) is 10.8. The number of thioether (sulfide) groups is 1. The van der Waals surface area contributed by atoms with Crippen molar-refractivity contribution in [1.82, 2.24) is 10.4 Å². The van der Waals surface area contributed by atoms with Crippen molar-refractivity contribution in [2.75, 3.05) is 6.61 Å². The Morgan fingerprint density at radius 1 is 1.14 bits per heavy atom. The Bertz CT molecular complexity index is 1350. The van der Waals surface area contributed by atoms with Crippen LogP contribution in [0.3, 0.4) is 0 Å². The fourth-order valence-corrected chi connectivity index (χ4v) is 5.30. The number of thiocarbonyl (C=S) groups is 1. The Labute approximate surface area is 231 Å². The lowest BCUT2D eigenvalue weighted by Gasteiger charge is -2.16. The zero-order valence-electron chi connectivity index (χ0n) is 19.0. The van der Waals surface area contributed by atoms with Crippen molar-refractivity contribution < 1.29 is 19.1 Å². The van der Waals surface area contributed by atoms with Gasteiger partial charge in [0.05, 0.1) is 26.6 Å². The molecule has 0 bridgehead atoms. The summed E-state index contributed by atoms with van der Waals surface area (Å²) in [4.78, 5) is 26.0. The van der Waals surface area contributed by atoms with Crippen molar-refractivity contribution in [3.8, 4) is 11.5 Å². The summed E-state index contributed by atoms with van der Waals surface area (Å²) >= 11 is 16.1. The highest BCUT2D eigenvalue weighted by Crippen LogP contribution is 2.39. The summed E-state index contributed by atoms with van der Waals surface area (Å²) in [6.07, 6.45) is 1.69. The van der Waals surface area contributed by atoms with E-state index in [0.717, 1.165) is 22.3 Å². The number of carbonyl (C=O) groups is 2. The van der Waals surface area contributed by atoms with Crippen LogP contribution in [0.5, 0.6) is 11.5 Å². The van der Waals surface area contributed by atoms with Crippen LogP contribution in [0.1, 0.15) is 28.4 Å². The van der Waals surface area contributed by atoms with E-state index < -0.39 is 11.8 Å². The summed E-state index contributed by atoms with van der Waals surface area (Å²) in [6, 6.07) is 20.0. The van der Waals surface area contributed by atoms with E-state index in [1.807, 2.05) is 43.3 Å². The number of rotatable bonds is 8. The summed E-state index contributed by atoms with van der Waals surface area (Å²) in [5.74, 6) is 0.136. The molecule has 0 aromatic heterocycles. The molecule has 3 aromatic carbocycles. The third kappa shape index (κ3) is 6.10. The Hall–Kier alpha value is -2.85. The number of ether oxygens (including phenoxy) is 2. The van der Waals surface area contributed by atoms with E-state index in [9.17, 15) is 9.59 Å². The van der Waals surface area contributed by atoms with E-state index in [0.29, 0.717) is 39.7 Å². The number of hydrogen-bond acceptors (Lipinski definition) is 6. The van der Waals surface area contributed by atoms with Gasteiger partial charge in [-0.15, -0.1) is 0 Å². The Balaban J connectivity index is 1.54. The van der Waals surface area contributed by atoms with Crippen molar-refractivity contribution >= 4 is 73.7 Å². The number of amides is 2. The van der Waals surface area contributed by atoms with Gasteiger partial charge in [0.15, 0.2) is 15.8 Å². The molecule has 1 aliphatic rings. The van der Waals surface area contributed by atoms with Crippen LogP contribution in [0.4, 0.5) is 0 Å². The van der Waals surface area contributed by atoms with Crippen LogP contribution in [-0.2, 0) is 11.4 Å². The predicted molar refractivity (Wildman–Crippen MR) is 150 cm³/mol. The van der Waals surface area contributed by atoms with Crippen molar-refractivity contribution in [2.24, 2.45) is 0 Å². The zero-order valence-corrected chi connectivity index (χ0v) is 23.0. The molecule has 2 amide bonds. The number of carbonyl (C=O) groups excluding carboxylic acids is 2. The maximum Gasteiger partial charge on any atom is 0.285 e. The maximum atomic E-state index is 13.0. The number of nitrogens with one attached hydrogen (secondary N) is 1. The number of nitrogens with zero attached hydrogens (tertiary/aromatic N) is 1. The van der Waals surface area contributed by atoms with Crippen LogP contribution in [0, 0.1) is 0 Å². The molecule has 0 radical (unpaired) electrons. The molecule has 10 heteroatoms. The molecule has 36 heavy (non-hydrogen) atoms. The molecule has 1 fully saturated rings. The quantitative estimate of drug-likeness (QED) is 0.230. The maximum absolute atomic E-state index is 13.0. The third-order valence-electron chi connectivity index (χ3n) is 4.98. The minimum Gasteiger partial charge on any atom is -0.490 e. The second-order valence-electron chi connectivity index (χ2n) is 7.48. The minimum atomic E-state index is -0.528. The topological polar surface area (TPSA) is 67.9 Å². The molecule has 1 saturated heterocycles. The first kappa shape index (κ1) is 26.2. The Morgan fingerprint density at radius 3 is 2.58 bits per heavy atom. The molecule has 0 aliphatic carbocycles. The number of benzene rings is 3. The molecule has 1 heterocycles. The van der Waals surface area contributed by atoms with E-state index in [1.54, 1.807) is 36.4 Å². The highest BCUT2D eigenvalue weighted by Gasteiger charge is 2.34. The molecule has 1 aliphatic heterocycles. The van der Waals surface area contributed by atoms with Gasteiger partial charge >= 0.3 is 0 Å². The van der Waals surface area contributed by atoms with Crippen LogP contribution >= 0.6 is 51.5 Å². The number of halogens is 2. The van der Waals surface area contributed by atoms with Gasteiger partial charge in [0.25, 0.3) is 11.8 Å². The van der Waals surface area contributed by atoms with E-state index in [1.165, 1.54) is 0 Å². The molecular formula is C26H20BrClN2O4S2. The molecule has 0 spiro atoms. The standard InChI is InChI=1S/C26H20BrClN2O4S2/c1-2-33-21-13-17(12-19(27)23(21)34-15-16-8-4-3-5-9-16)14-22-25(32)30(26(35)36-22)29-24(31)18-10-6-7-11-20(18)28/h3-14H,2,15H2,1H3,(H,29,31)/b22-14-. The van der Waals surface area contributed by atoms with Crippen LogP contribution < -0.4 is 14.9 Å². The Morgan fingerprint density at radius 2 is 1.86 bits per heavy atom. The molecule has 0 atom stereocenters. The van der Waals surface area contributed by atoms with E-state index in [2.05, 4.69) is 21.4 Å². The second-order valence-corrected chi connectivity index (χ2v) is 10.4. The van der Waals surface area contributed by atoms with Crippen LogP contribution in [-0.4, -0.2) is 27.8 Å². The molecule has 6 nitrogen and oxygen atoms in total. The fourth-order valence-electron chi connectivity index (χ4n) is 3.33. The molecule has 1 N–H and O–H groups in total. The highest BCUT2D eigenvalue weighted by molar-refractivity contribution is 9.10. The zero-order chi connectivity index (χ0) is 25.7. The van der Waals surface area contributed by atoms with Gasteiger partial charge in [-0.2, -0.15) is 5.01 Å². The number of hydrazine groups is 1. The van der Waals surface area contributed by atoms with Gasteiger partial charge in [-0.1, -0.05) is 65.8 Å². The molecule has 0 saturated carbocycles. The summed E-state index contributed by atoms with van der Waals surface area (Å²) in [7, 11) is 0. The first-order valence-corrected chi connectivity index (χ1v) is 13.2. The first-order chi connectivity index (χ1) is 17.4. The van der Waals surface area contributed by atoms with E-state index in [4.69, 9.17) is 33.3 Å². The number of hydrogen-bond donors (Lipinski definition) is 1. The van der Waals surface area contributed by atoms with E-state index >= 15 is 0 Å². The second kappa shape index (κ2) is 11.9. The van der Waals surface area contributed by atoms with Gasteiger partial charge in [-0.05, 0) is 76.5 Å². The summed E-state index contributed by atoms with van der Waals surface area (Å²) in [5.41, 5.74) is 4.51. The van der Waals surface area contributed by atoms with Gasteiger partial charge in [-0.3, -0.25) is 15.0 Å². The van der Waals surface area contributed by atoms with Crippen LogP contribution in [0.25, 0.3) is 6.08 Å². The molecule has 0 unspecified atom stereocenters. The normalized spacial score (nSPS) is 14.3. The lowest BCUT2D eigenvalue weighted by molar-refractivity contribution is -0.123. The van der Waals surface area contributed by atoms with Crippen molar-refractivity contribution in [1.29, 1.82) is 0 Å². The van der Waals surface area contributed by atoms with Gasteiger partial charge in [0.1, 0.15) is 6.61 Å². The SMILES string of the molecule is CCOc1cc(/C=C2\SC(=S)N(NC(=O)c3ccccc3Cl)C2=O)cc(Br)c1OCc1ccccc1. The van der Waals surface area contributed by atoms with Crippen LogP contribution in [0.2, 0.25) is 5.02 Å². The summed E-state index contributed by atoms with van der Waals surface area (Å²) < 4.78 is 12.7. The van der Waals surface area contributed by atoms with Crippen molar-refractivity contribution in [3.05, 3.63) is 97.8 Å². The molecule has 4 rings (SSSR count). The smallest absolute Gasteiger partial charge is 0.285 e.